The quantitative estimate of drug-likeness (QED) is 0.742. The van der Waals surface area contributed by atoms with E-state index in [2.05, 4.69) is 0 Å². The number of fused-ring (bicyclic) bond motifs is 1. The predicted molar refractivity (Wildman–Crippen MR) is 107 cm³/mol. The third-order valence-electron chi connectivity index (χ3n) is 5.38. The summed E-state index contributed by atoms with van der Waals surface area (Å²) in [4.78, 5) is 14.8. The van der Waals surface area contributed by atoms with Crippen molar-refractivity contribution in [3.63, 3.8) is 0 Å². The molecule has 1 heterocycles. The number of hydrogen-bond donors (Lipinski definition) is 0. The maximum absolute atomic E-state index is 13.0. The van der Waals surface area contributed by atoms with Crippen molar-refractivity contribution in [2.24, 2.45) is 0 Å². The number of carbonyl (C=O) groups is 1. The van der Waals surface area contributed by atoms with Crippen molar-refractivity contribution < 1.29 is 19.0 Å². The van der Waals surface area contributed by atoms with Crippen LogP contribution in [0.15, 0.2) is 42.5 Å². The van der Waals surface area contributed by atoms with Gasteiger partial charge in [-0.05, 0) is 62.9 Å². The first-order chi connectivity index (χ1) is 13.7. The standard InChI is InChI=1S/C23H27NO4/c1-2-24(16-18-6-5-9-21-22(18)27-15-14-26-21)23(25)17-10-12-20(13-11-17)28-19-7-3-4-8-19/h5-6,9-13,19H,2-4,7-8,14-16H2,1H3. The molecular weight excluding hydrogens is 354 g/mol. The lowest BCUT2D eigenvalue weighted by Gasteiger charge is -2.25. The van der Waals surface area contributed by atoms with Gasteiger partial charge < -0.3 is 19.1 Å². The van der Waals surface area contributed by atoms with Crippen LogP contribution in [0.2, 0.25) is 0 Å². The number of hydrogen-bond acceptors (Lipinski definition) is 4. The summed E-state index contributed by atoms with van der Waals surface area (Å²) in [6.45, 7) is 4.18. The number of nitrogens with zero attached hydrogens (tertiary/aromatic N) is 1. The molecule has 0 atom stereocenters. The fourth-order valence-electron chi connectivity index (χ4n) is 3.85. The molecule has 0 radical (unpaired) electrons. The summed E-state index contributed by atoms with van der Waals surface area (Å²) >= 11 is 0. The van der Waals surface area contributed by atoms with Crippen LogP contribution in [0.3, 0.4) is 0 Å². The molecule has 4 rings (SSSR count). The van der Waals surface area contributed by atoms with Gasteiger partial charge in [0.1, 0.15) is 19.0 Å². The molecule has 1 saturated carbocycles. The monoisotopic (exact) mass is 381 g/mol. The normalized spacial score (nSPS) is 16.0. The number of carbonyl (C=O) groups excluding carboxylic acids is 1. The van der Waals surface area contributed by atoms with E-state index in [-0.39, 0.29) is 5.91 Å². The van der Waals surface area contributed by atoms with Crippen LogP contribution in [0.4, 0.5) is 0 Å². The highest BCUT2D eigenvalue weighted by molar-refractivity contribution is 5.94. The number of para-hydroxylation sites is 1. The van der Waals surface area contributed by atoms with Gasteiger partial charge in [0.2, 0.25) is 0 Å². The van der Waals surface area contributed by atoms with Crippen molar-refractivity contribution in [2.75, 3.05) is 19.8 Å². The van der Waals surface area contributed by atoms with Crippen molar-refractivity contribution in [1.29, 1.82) is 0 Å². The fourth-order valence-corrected chi connectivity index (χ4v) is 3.85. The van der Waals surface area contributed by atoms with Gasteiger partial charge in [-0.3, -0.25) is 4.79 Å². The molecule has 5 heteroatoms. The van der Waals surface area contributed by atoms with E-state index in [0.717, 1.165) is 35.7 Å². The van der Waals surface area contributed by atoms with Gasteiger partial charge in [0.15, 0.2) is 11.5 Å². The third kappa shape index (κ3) is 4.08. The molecule has 1 aliphatic carbocycles. The highest BCUT2D eigenvalue weighted by atomic mass is 16.6. The van der Waals surface area contributed by atoms with E-state index in [1.807, 2.05) is 54.3 Å². The number of benzene rings is 2. The van der Waals surface area contributed by atoms with Crippen LogP contribution >= 0.6 is 0 Å². The van der Waals surface area contributed by atoms with Crippen LogP contribution in [0, 0.1) is 0 Å². The second-order valence-electron chi connectivity index (χ2n) is 7.31. The summed E-state index contributed by atoms with van der Waals surface area (Å²) in [5.41, 5.74) is 1.64. The molecule has 0 N–H and O–H groups in total. The Morgan fingerprint density at radius 3 is 2.57 bits per heavy atom. The van der Waals surface area contributed by atoms with Crippen LogP contribution < -0.4 is 14.2 Å². The Morgan fingerprint density at radius 2 is 1.82 bits per heavy atom. The minimum atomic E-state index is 0.00393. The SMILES string of the molecule is CCN(Cc1cccc2c1OCCO2)C(=O)c1ccc(OC2CCCC2)cc1. The average molecular weight is 381 g/mol. The number of rotatable bonds is 6. The Bertz CT molecular complexity index is 812. The smallest absolute Gasteiger partial charge is 0.254 e. The lowest BCUT2D eigenvalue weighted by Crippen LogP contribution is -2.31. The average Bonchev–Trinajstić information content (AvgIpc) is 3.25. The van der Waals surface area contributed by atoms with Gasteiger partial charge in [0.05, 0.1) is 6.10 Å². The predicted octanol–water partition coefficient (Wildman–Crippen LogP) is 4.44. The molecule has 28 heavy (non-hydrogen) atoms. The largest absolute Gasteiger partial charge is 0.490 e. The zero-order chi connectivity index (χ0) is 19.3. The first-order valence-corrected chi connectivity index (χ1v) is 10.2. The summed E-state index contributed by atoms with van der Waals surface area (Å²) in [7, 11) is 0. The second-order valence-corrected chi connectivity index (χ2v) is 7.31. The van der Waals surface area contributed by atoms with Gasteiger partial charge in [-0.25, -0.2) is 0 Å². The molecule has 5 nitrogen and oxygen atoms in total. The van der Waals surface area contributed by atoms with E-state index < -0.39 is 0 Å². The van der Waals surface area contributed by atoms with E-state index in [9.17, 15) is 4.79 Å². The van der Waals surface area contributed by atoms with Crippen LogP contribution in [-0.2, 0) is 6.54 Å². The van der Waals surface area contributed by atoms with Gasteiger partial charge >= 0.3 is 0 Å². The molecule has 0 bridgehead atoms. The van der Waals surface area contributed by atoms with Gasteiger partial charge in [-0.1, -0.05) is 12.1 Å². The van der Waals surface area contributed by atoms with Crippen molar-refractivity contribution in [1.82, 2.24) is 4.90 Å². The minimum absolute atomic E-state index is 0.00393. The summed E-state index contributed by atoms with van der Waals surface area (Å²) in [5, 5.41) is 0. The molecule has 1 fully saturated rings. The highest BCUT2D eigenvalue weighted by Gasteiger charge is 2.21. The van der Waals surface area contributed by atoms with E-state index in [1.54, 1.807) is 0 Å². The van der Waals surface area contributed by atoms with Crippen molar-refractivity contribution in [2.45, 2.75) is 45.3 Å². The Kier molecular flexibility index (Phi) is 5.70. The summed E-state index contributed by atoms with van der Waals surface area (Å²) in [6.07, 6.45) is 5.05. The molecule has 0 spiro atoms. The lowest BCUT2D eigenvalue weighted by atomic mass is 10.1. The Hall–Kier alpha value is -2.69. The van der Waals surface area contributed by atoms with Crippen molar-refractivity contribution in [3.05, 3.63) is 53.6 Å². The fraction of sp³-hybridized carbons (Fsp3) is 0.435. The lowest BCUT2D eigenvalue weighted by molar-refractivity contribution is 0.0749. The molecule has 2 aromatic carbocycles. The van der Waals surface area contributed by atoms with E-state index in [1.165, 1.54) is 12.8 Å². The minimum Gasteiger partial charge on any atom is -0.490 e. The first-order valence-electron chi connectivity index (χ1n) is 10.2. The van der Waals surface area contributed by atoms with Gasteiger partial charge in [0.25, 0.3) is 5.91 Å². The van der Waals surface area contributed by atoms with Crippen LogP contribution in [0.1, 0.15) is 48.5 Å². The Labute approximate surface area is 166 Å². The first kappa shape index (κ1) is 18.7. The molecule has 0 aromatic heterocycles. The highest BCUT2D eigenvalue weighted by Crippen LogP contribution is 2.34. The summed E-state index contributed by atoms with van der Waals surface area (Å²) in [6, 6.07) is 13.4. The Balaban J connectivity index is 1.45. The van der Waals surface area contributed by atoms with Crippen molar-refractivity contribution in [3.8, 4) is 17.2 Å². The zero-order valence-corrected chi connectivity index (χ0v) is 16.4. The van der Waals surface area contributed by atoms with Gasteiger partial charge in [-0.15, -0.1) is 0 Å². The topological polar surface area (TPSA) is 48.0 Å². The van der Waals surface area contributed by atoms with E-state index in [0.29, 0.717) is 38.0 Å². The van der Waals surface area contributed by atoms with Crippen LogP contribution in [0.25, 0.3) is 0 Å². The summed E-state index contributed by atoms with van der Waals surface area (Å²) < 4.78 is 17.4. The molecule has 2 aromatic rings. The molecule has 0 saturated heterocycles. The maximum Gasteiger partial charge on any atom is 0.254 e. The van der Waals surface area contributed by atoms with E-state index >= 15 is 0 Å². The molecule has 0 unspecified atom stereocenters. The van der Waals surface area contributed by atoms with Gasteiger partial charge in [0, 0.05) is 24.2 Å². The van der Waals surface area contributed by atoms with Crippen LogP contribution in [0.5, 0.6) is 17.2 Å². The molecule has 148 valence electrons. The second kappa shape index (κ2) is 8.55. The molecule has 1 aliphatic heterocycles. The Morgan fingerprint density at radius 1 is 1.07 bits per heavy atom. The summed E-state index contributed by atoms with van der Waals surface area (Å²) in [5.74, 6) is 2.35. The zero-order valence-electron chi connectivity index (χ0n) is 16.4. The van der Waals surface area contributed by atoms with E-state index in [4.69, 9.17) is 14.2 Å². The molecular formula is C23H27NO4. The number of amides is 1. The maximum atomic E-state index is 13.0. The van der Waals surface area contributed by atoms with Crippen molar-refractivity contribution >= 4 is 5.91 Å². The number of ether oxygens (including phenoxy) is 3. The van der Waals surface area contributed by atoms with Crippen LogP contribution in [-0.4, -0.2) is 36.7 Å². The van der Waals surface area contributed by atoms with Gasteiger partial charge in [-0.2, -0.15) is 0 Å². The molecule has 1 amide bonds. The third-order valence-corrected chi connectivity index (χ3v) is 5.38. The molecule has 2 aliphatic rings.